The number of nitrogens with one attached hydrogen (secondary N) is 2. The van der Waals surface area contributed by atoms with Crippen molar-refractivity contribution in [3.8, 4) is 0 Å². The molecule has 178 valence electrons. The van der Waals surface area contributed by atoms with Crippen molar-refractivity contribution >= 4 is 39.9 Å². The van der Waals surface area contributed by atoms with Gasteiger partial charge in [0.25, 0.3) is 5.56 Å². The summed E-state index contributed by atoms with van der Waals surface area (Å²) in [7, 11) is 1.36. The highest BCUT2D eigenvalue weighted by atomic mass is 32.1. The molecule has 0 saturated heterocycles. The number of anilines is 1. The van der Waals surface area contributed by atoms with Gasteiger partial charge >= 0.3 is 5.97 Å². The van der Waals surface area contributed by atoms with E-state index in [1.807, 2.05) is 38.1 Å². The Morgan fingerprint density at radius 2 is 1.88 bits per heavy atom. The highest BCUT2D eigenvalue weighted by Gasteiger charge is 2.25. The molecule has 0 bridgehead atoms. The number of aromatic nitrogens is 1. The summed E-state index contributed by atoms with van der Waals surface area (Å²) in [4.78, 5) is 30.5. The molecule has 0 spiro atoms. The Kier molecular flexibility index (Phi) is 7.32. The predicted octanol–water partition coefficient (Wildman–Crippen LogP) is 5.46. The van der Waals surface area contributed by atoms with E-state index in [1.165, 1.54) is 13.5 Å². The summed E-state index contributed by atoms with van der Waals surface area (Å²) in [6.07, 6.45) is 5.52. The van der Waals surface area contributed by atoms with E-state index >= 15 is 0 Å². The van der Waals surface area contributed by atoms with Crippen LogP contribution in [0.1, 0.15) is 59.2 Å². The molecule has 2 aromatic carbocycles. The van der Waals surface area contributed by atoms with Gasteiger partial charge in [-0.1, -0.05) is 43.5 Å². The quantitative estimate of drug-likeness (QED) is 0.375. The fourth-order valence-corrected chi connectivity index (χ4v) is 5.02. The molecule has 1 aromatic heterocycles. The highest BCUT2D eigenvalue weighted by Crippen LogP contribution is 2.26. The van der Waals surface area contributed by atoms with Crippen LogP contribution >= 0.6 is 12.2 Å². The van der Waals surface area contributed by atoms with Crippen molar-refractivity contribution in [2.24, 2.45) is 0 Å². The molecular formula is C27H31N3O3S. The Morgan fingerprint density at radius 3 is 2.62 bits per heavy atom. The Balaban J connectivity index is 1.67. The van der Waals surface area contributed by atoms with E-state index in [0.29, 0.717) is 28.5 Å². The second kappa shape index (κ2) is 10.4. The molecule has 1 heterocycles. The Morgan fingerprint density at radius 1 is 1.15 bits per heavy atom. The van der Waals surface area contributed by atoms with Crippen molar-refractivity contribution < 1.29 is 9.53 Å². The number of thiocarbonyl (C=S) groups is 1. The number of nitrogens with zero attached hydrogens (tertiary/aromatic N) is 1. The van der Waals surface area contributed by atoms with Crippen molar-refractivity contribution in [1.82, 2.24) is 9.88 Å². The molecule has 2 N–H and O–H groups in total. The molecule has 6 nitrogen and oxygen atoms in total. The number of H-pyrrole nitrogens is 1. The maximum atomic E-state index is 13.1. The summed E-state index contributed by atoms with van der Waals surface area (Å²) >= 11 is 5.85. The molecule has 1 fully saturated rings. The average Bonchev–Trinajstić information content (AvgIpc) is 2.86. The number of carbonyl (C=O) groups excluding carboxylic acids is 1. The lowest BCUT2D eigenvalue weighted by molar-refractivity contribution is 0.0602. The normalized spacial score (nSPS) is 14.1. The fraction of sp³-hybridized carbons (Fsp3) is 0.370. The fourth-order valence-electron chi connectivity index (χ4n) is 4.70. The summed E-state index contributed by atoms with van der Waals surface area (Å²) in [6, 6.07) is 13.5. The average molecular weight is 478 g/mol. The van der Waals surface area contributed by atoms with E-state index in [-0.39, 0.29) is 11.6 Å². The third-order valence-corrected chi connectivity index (χ3v) is 7.16. The second-order valence-corrected chi connectivity index (χ2v) is 9.37. The first-order chi connectivity index (χ1) is 16.4. The molecule has 0 radical (unpaired) electrons. The number of esters is 1. The summed E-state index contributed by atoms with van der Waals surface area (Å²) in [5.74, 6) is -0.424. The number of pyridine rings is 1. The number of carbonyl (C=O) groups is 1. The lowest BCUT2D eigenvalue weighted by Gasteiger charge is -2.36. The number of rotatable bonds is 5. The molecule has 0 atom stereocenters. The number of ether oxygens (including phenoxy) is 1. The van der Waals surface area contributed by atoms with Gasteiger partial charge in [-0.05, 0) is 73.6 Å². The van der Waals surface area contributed by atoms with Crippen LogP contribution in [0.5, 0.6) is 0 Å². The number of para-hydroxylation sites is 1. The zero-order chi connectivity index (χ0) is 24.2. The lowest BCUT2D eigenvalue weighted by atomic mass is 9.94. The van der Waals surface area contributed by atoms with Crippen LogP contribution in [0.2, 0.25) is 0 Å². The Labute approximate surface area is 205 Å². The zero-order valence-electron chi connectivity index (χ0n) is 19.9. The minimum atomic E-state index is -0.424. The van der Waals surface area contributed by atoms with Gasteiger partial charge in [0.2, 0.25) is 0 Å². The predicted molar refractivity (Wildman–Crippen MR) is 140 cm³/mol. The molecule has 0 unspecified atom stereocenters. The number of methoxy groups -OCH3 is 1. The molecule has 34 heavy (non-hydrogen) atoms. The van der Waals surface area contributed by atoms with Gasteiger partial charge in [0, 0.05) is 11.6 Å². The monoisotopic (exact) mass is 477 g/mol. The van der Waals surface area contributed by atoms with E-state index < -0.39 is 5.97 Å². The van der Waals surface area contributed by atoms with Crippen LogP contribution in [0, 0.1) is 13.8 Å². The van der Waals surface area contributed by atoms with Crippen molar-refractivity contribution in [3.63, 3.8) is 0 Å². The van der Waals surface area contributed by atoms with Crippen molar-refractivity contribution in [1.29, 1.82) is 0 Å². The zero-order valence-corrected chi connectivity index (χ0v) is 20.8. The number of hydrogen-bond acceptors (Lipinski definition) is 4. The molecule has 1 saturated carbocycles. The van der Waals surface area contributed by atoms with E-state index in [1.54, 1.807) is 12.1 Å². The van der Waals surface area contributed by atoms with E-state index in [9.17, 15) is 9.59 Å². The Bertz CT molecular complexity index is 1280. The summed E-state index contributed by atoms with van der Waals surface area (Å²) in [5, 5.41) is 4.77. The van der Waals surface area contributed by atoms with Gasteiger partial charge in [0.1, 0.15) is 0 Å². The van der Waals surface area contributed by atoms with Crippen LogP contribution in [-0.2, 0) is 11.3 Å². The topological polar surface area (TPSA) is 74.4 Å². The molecular weight excluding hydrogens is 446 g/mol. The van der Waals surface area contributed by atoms with Crippen molar-refractivity contribution in [2.45, 2.75) is 58.5 Å². The van der Waals surface area contributed by atoms with Gasteiger partial charge in [0.15, 0.2) is 5.11 Å². The molecule has 1 aliphatic rings. The van der Waals surface area contributed by atoms with Gasteiger partial charge in [-0.2, -0.15) is 0 Å². The van der Waals surface area contributed by atoms with E-state index in [2.05, 4.69) is 21.3 Å². The summed E-state index contributed by atoms with van der Waals surface area (Å²) in [6.45, 7) is 4.47. The Hall–Kier alpha value is -3.19. The molecule has 0 amide bonds. The highest BCUT2D eigenvalue weighted by molar-refractivity contribution is 7.80. The van der Waals surface area contributed by atoms with E-state index in [0.717, 1.165) is 47.7 Å². The minimum Gasteiger partial charge on any atom is -0.465 e. The smallest absolute Gasteiger partial charge is 0.339 e. The number of benzene rings is 2. The standard InChI is InChI=1S/C27H31N3O3S/c1-17-13-14-19-15-20(25(31)29-24(19)18(17)2)16-30(21-9-5-4-6-10-21)27(34)28-23-12-8-7-11-22(23)26(32)33-3/h7-8,11-15,21H,4-6,9-10,16H2,1-3H3,(H,28,34)(H,29,31). The third kappa shape index (κ3) is 4.99. The minimum absolute atomic E-state index is 0.0974. The third-order valence-electron chi connectivity index (χ3n) is 6.82. The van der Waals surface area contributed by atoms with Gasteiger partial charge in [-0.25, -0.2) is 4.79 Å². The van der Waals surface area contributed by atoms with Gasteiger partial charge in [-0.3, -0.25) is 4.79 Å². The largest absolute Gasteiger partial charge is 0.465 e. The summed E-state index contributed by atoms with van der Waals surface area (Å²) < 4.78 is 4.92. The molecule has 3 aromatic rings. The SMILES string of the molecule is COC(=O)c1ccccc1NC(=S)N(Cc1cc2ccc(C)c(C)c2[nH]c1=O)C1CCCCC1. The molecule has 7 heteroatoms. The number of hydrogen-bond donors (Lipinski definition) is 2. The molecule has 4 rings (SSSR count). The number of aromatic amines is 1. The first-order valence-corrected chi connectivity index (χ1v) is 12.2. The van der Waals surface area contributed by atoms with Gasteiger partial charge < -0.3 is 19.9 Å². The van der Waals surface area contributed by atoms with Crippen LogP contribution in [0.25, 0.3) is 10.9 Å². The molecule has 0 aliphatic heterocycles. The second-order valence-electron chi connectivity index (χ2n) is 8.98. The first kappa shape index (κ1) is 24.0. The van der Waals surface area contributed by atoms with Gasteiger partial charge in [-0.15, -0.1) is 0 Å². The molecule has 1 aliphatic carbocycles. The lowest BCUT2D eigenvalue weighted by Crippen LogP contribution is -2.44. The van der Waals surface area contributed by atoms with Crippen molar-refractivity contribution in [2.75, 3.05) is 12.4 Å². The summed E-state index contributed by atoms with van der Waals surface area (Å²) in [5.41, 5.74) is 4.71. The number of fused-ring (bicyclic) bond motifs is 1. The number of aryl methyl sites for hydroxylation is 2. The van der Waals surface area contributed by atoms with E-state index in [4.69, 9.17) is 17.0 Å². The first-order valence-electron chi connectivity index (χ1n) is 11.8. The van der Waals surface area contributed by atoms with Crippen molar-refractivity contribution in [3.05, 3.63) is 75.1 Å². The van der Waals surface area contributed by atoms with Crippen LogP contribution in [0.3, 0.4) is 0 Å². The maximum Gasteiger partial charge on any atom is 0.339 e. The van der Waals surface area contributed by atoms with Crippen LogP contribution in [0.15, 0.2) is 47.3 Å². The van der Waals surface area contributed by atoms with Gasteiger partial charge in [0.05, 0.1) is 30.4 Å². The van der Waals surface area contributed by atoms with Crippen LogP contribution < -0.4 is 10.9 Å². The van der Waals surface area contributed by atoms with Crippen LogP contribution in [0.4, 0.5) is 5.69 Å². The van der Waals surface area contributed by atoms with Crippen LogP contribution in [-0.4, -0.2) is 34.1 Å². The maximum absolute atomic E-state index is 13.1.